The van der Waals surface area contributed by atoms with Crippen LogP contribution in [0.15, 0.2) is 66.7 Å². The molecule has 0 saturated carbocycles. The molecule has 0 amide bonds. The van der Waals surface area contributed by atoms with E-state index in [1.54, 1.807) is 29.2 Å². The second-order valence-corrected chi connectivity index (χ2v) is 5.58. The Labute approximate surface area is 146 Å². The van der Waals surface area contributed by atoms with Crippen LogP contribution in [0.3, 0.4) is 0 Å². The molecule has 122 valence electrons. The number of ether oxygens (including phenoxy) is 1. The fourth-order valence-electron chi connectivity index (χ4n) is 2.34. The third kappa shape index (κ3) is 4.15. The monoisotopic (exact) mass is 340 g/mol. The Bertz CT molecular complexity index is 751. The third-order valence-electron chi connectivity index (χ3n) is 3.54. The molecule has 2 aromatic carbocycles. The number of esters is 1. The van der Waals surface area contributed by atoms with Gasteiger partial charge in [0.2, 0.25) is 0 Å². The number of methoxy groups -OCH3 is 1. The minimum Gasteiger partial charge on any atom is -0.466 e. The maximum absolute atomic E-state index is 11.7. The van der Waals surface area contributed by atoms with Crippen molar-refractivity contribution in [2.45, 2.75) is 6.04 Å². The summed E-state index contributed by atoms with van der Waals surface area (Å²) in [6.45, 7) is 3.94. The molecule has 0 saturated heterocycles. The van der Waals surface area contributed by atoms with Gasteiger partial charge in [-0.25, -0.2) is 4.79 Å². The number of hydrogen-bond donors (Lipinski definition) is 0. The van der Waals surface area contributed by atoms with E-state index in [2.05, 4.69) is 12.6 Å². The number of halogens is 1. The number of rotatable bonds is 6. The molecule has 0 heterocycles. The standard InChI is InChI=1S/C19H17ClN2O2/c1-14(19(23)24-2)13-22(17-10-8-16(20)9-11-17)18(12-21)15-6-4-3-5-7-15/h3-11,18H,1,13H2,2H3. The summed E-state index contributed by atoms with van der Waals surface area (Å²) < 4.78 is 4.72. The van der Waals surface area contributed by atoms with Gasteiger partial charge in [-0.05, 0) is 29.8 Å². The van der Waals surface area contributed by atoms with Crippen LogP contribution >= 0.6 is 11.6 Å². The first kappa shape index (κ1) is 17.6. The van der Waals surface area contributed by atoms with Crippen LogP contribution in [0.25, 0.3) is 0 Å². The fourth-order valence-corrected chi connectivity index (χ4v) is 2.46. The Morgan fingerprint density at radius 2 is 1.88 bits per heavy atom. The lowest BCUT2D eigenvalue weighted by atomic mass is 10.0. The highest BCUT2D eigenvalue weighted by Gasteiger charge is 2.23. The lowest BCUT2D eigenvalue weighted by Crippen LogP contribution is -2.31. The van der Waals surface area contributed by atoms with Gasteiger partial charge in [0.25, 0.3) is 0 Å². The molecule has 2 rings (SSSR count). The van der Waals surface area contributed by atoms with Crippen LogP contribution in [0.1, 0.15) is 11.6 Å². The van der Waals surface area contributed by atoms with E-state index in [4.69, 9.17) is 16.3 Å². The van der Waals surface area contributed by atoms with Crippen molar-refractivity contribution in [1.29, 1.82) is 5.26 Å². The van der Waals surface area contributed by atoms with E-state index in [1.165, 1.54) is 7.11 Å². The average molecular weight is 341 g/mol. The lowest BCUT2D eigenvalue weighted by molar-refractivity contribution is -0.136. The molecule has 0 aliphatic carbocycles. The molecule has 0 spiro atoms. The van der Waals surface area contributed by atoms with Gasteiger partial charge in [-0.3, -0.25) is 0 Å². The van der Waals surface area contributed by atoms with Crippen LogP contribution in [0.4, 0.5) is 5.69 Å². The van der Waals surface area contributed by atoms with Crippen LogP contribution < -0.4 is 4.90 Å². The predicted octanol–water partition coefficient (Wildman–Crippen LogP) is 4.14. The second kappa shape index (κ2) is 8.19. The topological polar surface area (TPSA) is 53.3 Å². The van der Waals surface area contributed by atoms with E-state index in [1.807, 2.05) is 30.3 Å². The summed E-state index contributed by atoms with van der Waals surface area (Å²) >= 11 is 5.95. The van der Waals surface area contributed by atoms with Gasteiger partial charge in [0.05, 0.1) is 19.7 Å². The number of hydrogen-bond acceptors (Lipinski definition) is 4. The summed E-state index contributed by atoms with van der Waals surface area (Å²) in [5, 5.41) is 10.3. The van der Waals surface area contributed by atoms with Gasteiger partial charge in [0.1, 0.15) is 6.04 Å². The minimum atomic E-state index is -0.575. The lowest BCUT2D eigenvalue weighted by Gasteiger charge is -2.30. The van der Waals surface area contributed by atoms with Crippen LogP contribution in [-0.2, 0) is 9.53 Å². The normalized spacial score (nSPS) is 11.2. The summed E-state index contributed by atoms with van der Waals surface area (Å²) in [7, 11) is 1.30. The van der Waals surface area contributed by atoms with Gasteiger partial charge < -0.3 is 9.64 Å². The molecule has 5 heteroatoms. The van der Waals surface area contributed by atoms with Gasteiger partial charge in [0.15, 0.2) is 0 Å². The van der Waals surface area contributed by atoms with Crippen molar-refractivity contribution in [2.75, 3.05) is 18.6 Å². The quantitative estimate of drug-likeness (QED) is 0.585. The van der Waals surface area contributed by atoms with Crippen molar-refractivity contribution in [3.63, 3.8) is 0 Å². The summed E-state index contributed by atoms with van der Waals surface area (Å²) in [6, 6.07) is 18.2. The van der Waals surface area contributed by atoms with Crippen LogP contribution in [0.5, 0.6) is 0 Å². The molecular formula is C19H17ClN2O2. The van der Waals surface area contributed by atoms with Gasteiger partial charge in [-0.2, -0.15) is 5.26 Å². The summed E-state index contributed by atoms with van der Waals surface area (Å²) in [5.41, 5.74) is 1.86. The van der Waals surface area contributed by atoms with Gasteiger partial charge >= 0.3 is 5.97 Å². The van der Waals surface area contributed by atoms with E-state index in [0.29, 0.717) is 5.02 Å². The van der Waals surface area contributed by atoms with E-state index < -0.39 is 12.0 Å². The molecule has 0 aliphatic rings. The first-order valence-electron chi connectivity index (χ1n) is 7.29. The zero-order valence-electron chi connectivity index (χ0n) is 13.3. The van der Waals surface area contributed by atoms with Gasteiger partial charge in [-0.15, -0.1) is 0 Å². The van der Waals surface area contributed by atoms with Crippen molar-refractivity contribution < 1.29 is 9.53 Å². The SMILES string of the molecule is C=C(CN(c1ccc(Cl)cc1)C(C#N)c1ccccc1)C(=O)OC. The van der Waals surface area contributed by atoms with Gasteiger partial charge in [0, 0.05) is 16.3 Å². The minimum absolute atomic E-state index is 0.168. The van der Waals surface area contributed by atoms with E-state index in [0.717, 1.165) is 11.3 Å². The zero-order valence-corrected chi connectivity index (χ0v) is 14.0. The Balaban J connectivity index is 2.41. The van der Waals surface area contributed by atoms with Crippen molar-refractivity contribution in [3.05, 3.63) is 77.3 Å². The maximum Gasteiger partial charge on any atom is 0.334 e. The molecule has 4 nitrogen and oxygen atoms in total. The van der Waals surface area contributed by atoms with Gasteiger partial charge in [-0.1, -0.05) is 48.5 Å². The Morgan fingerprint density at radius 3 is 2.42 bits per heavy atom. The number of carbonyl (C=O) groups is 1. The predicted molar refractivity (Wildman–Crippen MR) is 94.8 cm³/mol. The molecular weight excluding hydrogens is 324 g/mol. The number of benzene rings is 2. The van der Waals surface area contributed by atoms with E-state index >= 15 is 0 Å². The first-order chi connectivity index (χ1) is 11.6. The molecule has 24 heavy (non-hydrogen) atoms. The van der Waals surface area contributed by atoms with E-state index in [-0.39, 0.29) is 12.1 Å². The molecule has 0 radical (unpaired) electrons. The van der Waals surface area contributed by atoms with Crippen molar-refractivity contribution in [2.24, 2.45) is 0 Å². The molecule has 1 atom stereocenters. The number of anilines is 1. The molecule has 2 aromatic rings. The van der Waals surface area contributed by atoms with Crippen LogP contribution in [0, 0.1) is 11.3 Å². The Morgan fingerprint density at radius 1 is 1.25 bits per heavy atom. The molecule has 0 aromatic heterocycles. The largest absolute Gasteiger partial charge is 0.466 e. The summed E-state index contributed by atoms with van der Waals surface area (Å²) in [6.07, 6.45) is 0. The number of nitrogens with zero attached hydrogens (tertiary/aromatic N) is 2. The first-order valence-corrected chi connectivity index (χ1v) is 7.67. The maximum atomic E-state index is 11.7. The molecule has 1 unspecified atom stereocenters. The smallest absolute Gasteiger partial charge is 0.334 e. The molecule has 0 bridgehead atoms. The van der Waals surface area contributed by atoms with Crippen LogP contribution in [-0.4, -0.2) is 19.6 Å². The van der Waals surface area contributed by atoms with E-state index in [9.17, 15) is 10.1 Å². The highest BCUT2D eigenvalue weighted by molar-refractivity contribution is 6.30. The molecule has 0 N–H and O–H groups in total. The average Bonchev–Trinajstić information content (AvgIpc) is 2.62. The highest BCUT2D eigenvalue weighted by Crippen LogP contribution is 2.28. The zero-order chi connectivity index (χ0) is 17.5. The summed E-state index contributed by atoms with van der Waals surface area (Å²) in [4.78, 5) is 13.5. The Hall–Kier alpha value is -2.77. The highest BCUT2D eigenvalue weighted by atomic mass is 35.5. The van der Waals surface area contributed by atoms with Crippen molar-refractivity contribution in [3.8, 4) is 6.07 Å². The third-order valence-corrected chi connectivity index (χ3v) is 3.79. The van der Waals surface area contributed by atoms with Crippen LogP contribution in [0.2, 0.25) is 5.02 Å². The number of carbonyl (C=O) groups excluding carboxylic acids is 1. The Kier molecular flexibility index (Phi) is 6.00. The molecule has 0 fully saturated rings. The number of nitriles is 1. The fraction of sp³-hybridized carbons (Fsp3) is 0.158. The van der Waals surface area contributed by atoms with Crippen molar-refractivity contribution >= 4 is 23.3 Å². The second-order valence-electron chi connectivity index (χ2n) is 5.14. The van der Waals surface area contributed by atoms with Crippen molar-refractivity contribution in [1.82, 2.24) is 0 Å². The molecule has 0 aliphatic heterocycles. The summed E-state index contributed by atoms with van der Waals surface area (Å²) in [5.74, 6) is -0.501.